The van der Waals surface area contributed by atoms with Crippen molar-refractivity contribution in [2.45, 2.75) is 0 Å². The molecule has 0 saturated heterocycles. The number of aromatic amines is 1. The molecule has 0 spiro atoms. The monoisotopic (exact) mass is 265 g/mol. The van der Waals surface area contributed by atoms with Crippen LogP contribution in [-0.4, -0.2) is 15.9 Å². The maximum Gasteiger partial charge on any atom is 0.257 e. The highest BCUT2D eigenvalue weighted by Crippen LogP contribution is 2.11. The van der Waals surface area contributed by atoms with Gasteiger partial charge in [0.15, 0.2) is 0 Å². The Kier molecular flexibility index (Phi) is 2.82. The Morgan fingerprint density at radius 3 is 2.67 bits per heavy atom. The van der Waals surface area contributed by atoms with E-state index in [4.69, 9.17) is 0 Å². The fraction of sp³-hybridized carbons (Fsp3) is 0. The van der Waals surface area contributed by atoms with E-state index in [0.29, 0.717) is 11.5 Å². The molecule has 15 heavy (non-hydrogen) atoms. The first-order chi connectivity index (χ1) is 7.25. The van der Waals surface area contributed by atoms with Crippen LogP contribution in [0.3, 0.4) is 0 Å². The molecule has 0 fully saturated rings. The fourth-order valence-corrected chi connectivity index (χ4v) is 1.38. The van der Waals surface area contributed by atoms with Gasteiger partial charge < -0.3 is 4.98 Å². The van der Waals surface area contributed by atoms with Crippen molar-refractivity contribution < 1.29 is 4.79 Å². The Bertz CT molecular complexity index is 450. The van der Waals surface area contributed by atoms with Gasteiger partial charge in [-0.15, -0.1) is 0 Å². The number of carbonyl (C=O) groups excluding carboxylic acids is 1. The molecule has 2 rings (SSSR count). The predicted molar refractivity (Wildman–Crippen MR) is 60.7 cm³/mol. The number of benzene rings is 1. The summed E-state index contributed by atoms with van der Waals surface area (Å²) in [6, 6.07) is 7.11. The minimum atomic E-state index is -0.183. The number of amides is 1. The molecule has 76 valence electrons. The summed E-state index contributed by atoms with van der Waals surface area (Å²) in [6.45, 7) is 0. The van der Waals surface area contributed by atoms with Crippen LogP contribution in [0.4, 0.5) is 5.95 Å². The number of imidazole rings is 1. The second-order valence-corrected chi connectivity index (χ2v) is 3.81. The van der Waals surface area contributed by atoms with Gasteiger partial charge in [0.25, 0.3) is 5.91 Å². The number of H-pyrrole nitrogens is 1. The first kappa shape index (κ1) is 9.92. The maximum atomic E-state index is 11.6. The van der Waals surface area contributed by atoms with Crippen molar-refractivity contribution in [1.82, 2.24) is 9.97 Å². The van der Waals surface area contributed by atoms with Crippen molar-refractivity contribution in [3.8, 4) is 0 Å². The van der Waals surface area contributed by atoms with E-state index in [0.717, 1.165) is 4.47 Å². The number of nitrogens with one attached hydrogen (secondary N) is 2. The molecule has 0 radical (unpaired) electrons. The predicted octanol–water partition coefficient (Wildman–Crippen LogP) is 2.42. The second kappa shape index (κ2) is 4.27. The lowest BCUT2D eigenvalue weighted by molar-refractivity contribution is 0.102. The van der Waals surface area contributed by atoms with Crippen LogP contribution in [0.2, 0.25) is 0 Å². The Morgan fingerprint density at radius 2 is 2.07 bits per heavy atom. The van der Waals surface area contributed by atoms with Gasteiger partial charge in [-0.3, -0.25) is 10.1 Å². The van der Waals surface area contributed by atoms with Crippen LogP contribution in [0.25, 0.3) is 0 Å². The zero-order chi connectivity index (χ0) is 10.7. The van der Waals surface area contributed by atoms with Gasteiger partial charge in [0.1, 0.15) is 0 Å². The van der Waals surface area contributed by atoms with Crippen molar-refractivity contribution in [2.24, 2.45) is 0 Å². The lowest BCUT2D eigenvalue weighted by Crippen LogP contribution is -2.12. The number of nitrogens with zero attached hydrogens (tertiary/aromatic N) is 1. The average molecular weight is 266 g/mol. The third kappa shape index (κ3) is 2.44. The molecule has 4 nitrogen and oxygen atoms in total. The largest absolute Gasteiger partial charge is 0.331 e. The minimum Gasteiger partial charge on any atom is -0.331 e. The van der Waals surface area contributed by atoms with E-state index in [-0.39, 0.29) is 5.91 Å². The molecule has 2 aromatic rings. The lowest BCUT2D eigenvalue weighted by atomic mass is 10.2. The molecule has 0 unspecified atom stereocenters. The summed E-state index contributed by atoms with van der Waals surface area (Å²) in [5.74, 6) is 0.264. The number of aromatic nitrogens is 2. The average Bonchev–Trinajstić information content (AvgIpc) is 2.71. The van der Waals surface area contributed by atoms with Gasteiger partial charge in [-0.1, -0.05) is 15.9 Å². The summed E-state index contributed by atoms with van der Waals surface area (Å²) in [7, 11) is 0. The van der Waals surface area contributed by atoms with Gasteiger partial charge in [0.2, 0.25) is 5.95 Å². The van der Waals surface area contributed by atoms with Crippen molar-refractivity contribution in [3.05, 3.63) is 46.7 Å². The molecular formula is C10H8BrN3O. The van der Waals surface area contributed by atoms with Crippen LogP contribution in [-0.2, 0) is 0 Å². The molecule has 1 aromatic heterocycles. The van der Waals surface area contributed by atoms with E-state index in [1.165, 1.54) is 0 Å². The van der Waals surface area contributed by atoms with E-state index >= 15 is 0 Å². The lowest BCUT2D eigenvalue weighted by Gasteiger charge is -2.01. The first-order valence-corrected chi connectivity index (χ1v) is 5.11. The summed E-state index contributed by atoms with van der Waals surface area (Å²) < 4.78 is 0.942. The van der Waals surface area contributed by atoms with Gasteiger partial charge in [-0.05, 0) is 24.3 Å². The highest BCUT2D eigenvalue weighted by Gasteiger charge is 2.06. The number of hydrogen-bond donors (Lipinski definition) is 2. The van der Waals surface area contributed by atoms with E-state index in [1.807, 2.05) is 12.1 Å². The number of rotatable bonds is 2. The zero-order valence-corrected chi connectivity index (χ0v) is 9.28. The molecule has 0 aliphatic heterocycles. The Hall–Kier alpha value is -1.62. The Balaban J connectivity index is 2.11. The highest BCUT2D eigenvalue weighted by molar-refractivity contribution is 9.10. The smallest absolute Gasteiger partial charge is 0.257 e. The normalized spacial score (nSPS) is 9.93. The van der Waals surface area contributed by atoms with Crippen molar-refractivity contribution in [3.63, 3.8) is 0 Å². The van der Waals surface area contributed by atoms with Gasteiger partial charge in [0.05, 0.1) is 0 Å². The molecule has 5 heteroatoms. The number of hydrogen-bond acceptors (Lipinski definition) is 2. The first-order valence-electron chi connectivity index (χ1n) is 4.32. The van der Waals surface area contributed by atoms with Gasteiger partial charge in [0, 0.05) is 22.4 Å². The SMILES string of the molecule is O=C(Nc1ncc[nH]1)c1ccc(Br)cc1. The van der Waals surface area contributed by atoms with Crippen LogP contribution < -0.4 is 5.32 Å². The zero-order valence-electron chi connectivity index (χ0n) is 7.70. The van der Waals surface area contributed by atoms with E-state index in [2.05, 4.69) is 31.2 Å². The molecule has 0 aliphatic carbocycles. The molecule has 0 aliphatic rings. The maximum absolute atomic E-state index is 11.6. The van der Waals surface area contributed by atoms with Crippen LogP contribution in [0.15, 0.2) is 41.1 Å². The summed E-state index contributed by atoms with van der Waals surface area (Å²) >= 11 is 3.30. The summed E-state index contributed by atoms with van der Waals surface area (Å²) in [5.41, 5.74) is 0.592. The highest BCUT2D eigenvalue weighted by atomic mass is 79.9. The molecule has 1 heterocycles. The van der Waals surface area contributed by atoms with Gasteiger partial charge >= 0.3 is 0 Å². The van der Waals surface area contributed by atoms with Gasteiger partial charge in [-0.2, -0.15) is 0 Å². The Labute approximate surface area is 94.9 Å². The van der Waals surface area contributed by atoms with Crippen LogP contribution >= 0.6 is 15.9 Å². The van der Waals surface area contributed by atoms with E-state index < -0.39 is 0 Å². The molecule has 0 atom stereocenters. The molecule has 0 bridgehead atoms. The second-order valence-electron chi connectivity index (χ2n) is 2.90. The number of halogens is 1. The molecule has 0 saturated carbocycles. The van der Waals surface area contributed by atoms with Crippen LogP contribution in [0.5, 0.6) is 0 Å². The Morgan fingerprint density at radius 1 is 1.33 bits per heavy atom. The number of carbonyl (C=O) groups is 1. The summed E-state index contributed by atoms with van der Waals surface area (Å²) in [5, 5.41) is 2.64. The van der Waals surface area contributed by atoms with E-state index in [1.54, 1.807) is 24.5 Å². The van der Waals surface area contributed by atoms with Gasteiger partial charge in [-0.25, -0.2) is 4.98 Å². The van der Waals surface area contributed by atoms with Crippen molar-refractivity contribution >= 4 is 27.8 Å². The molecule has 1 amide bonds. The quantitative estimate of drug-likeness (QED) is 0.877. The topological polar surface area (TPSA) is 57.8 Å². The number of anilines is 1. The fourth-order valence-electron chi connectivity index (χ4n) is 1.11. The molecule has 2 N–H and O–H groups in total. The molecule has 1 aromatic carbocycles. The standard InChI is InChI=1S/C10H8BrN3O/c11-8-3-1-7(2-4-8)9(15)14-10-12-5-6-13-10/h1-6H,(H2,12,13,14,15). The summed E-state index contributed by atoms with van der Waals surface area (Å²) in [4.78, 5) is 18.3. The van der Waals surface area contributed by atoms with Crippen molar-refractivity contribution in [2.75, 3.05) is 5.32 Å². The van der Waals surface area contributed by atoms with Crippen LogP contribution in [0, 0.1) is 0 Å². The van der Waals surface area contributed by atoms with Crippen molar-refractivity contribution in [1.29, 1.82) is 0 Å². The molecular weight excluding hydrogens is 258 g/mol. The third-order valence-electron chi connectivity index (χ3n) is 1.84. The van der Waals surface area contributed by atoms with Crippen LogP contribution in [0.1, 0.15) is 10.4 Å². The minimum absolute atomic E-state index is 0.183. The van der Waals surface area contributed by atoms with E-state index in [9.17, 15) is 4.79 Å². The third-order valence-corrected chi connectivity index (χ3v) is 2.37. The summed E-state index contributed by atoms with van der Waals surface area (Å²) in [6.07, 6.45) is 3.23.